The molecule has 1 fully saturated rings. The van der Waals surface area contributed by atoms with Crippen LogP contribution in [0.1, 0.15) is 18.9 Å². The predicted octanol–water partition coefficient (Wildman–Crippen LogP) is 3.74. The normalized spacial score (nSPS) is 15.1. The number of aromatic nitrogens is 3. The first-order valence-electron chi connectivity index (χ1n) is 10.8. The monoisotopic (exact) mass is 435 g/mol. The molecular weight excluding hydrogens is 406 g/mol. The third kappa shape index (κ3) is 6.10. The molecule has 1 atom stereocenters. The molecule has 1 aromatic carbocycles. The van der Waals surface area contributed by atoms with Gasteiger partial charge in [-0.15, -0.1) is 11.8 Å². The van der Waals surface area contributed by atoms with Crippen molar-refractivity contribution in [2.45, 2.75) is 36.5 Å². The standard InChI is InChI=1S/C24H29N5OS/c1-20(30)28-14-16-29(17-15-28)22-3-6-23(7-4-22)31-24(18-27-13-12-26-19-27)5-2-21-8-10-25-11-9-21/h3-4,6-13,19,24H,2,5,14-18H2,1H3. The van der Waals surface area contributed by atoms with E-state index >= 15 is 0 Å². The van der Waals surface area contributed by atoms with E-state index < -0.39 is 0 Å². The number of thioether (sulfide) groups is 1. The Balaban J connectivity index is 1.37. The van der Waals surface area contributed by atoms with Gasteiger partial charge in [0.15, 0.2) is 0 Å². The molecule has 0 aliphatic carbocycles. The zero-order chi connectivity index (χ0) is 21.5. The Morgan fingerprint density at radius 1 is 1.00 bits per heavy atom. The summed E-state index contributed by atoms with van der Waals surface area (Å²) < 4.78 is 2.16. The van der Waals surface area contributed by atoms with Gasteiger partial charge >= 0.3 is 0 Å². The summed E-state index contributed by atoms with van der Waals surface area (Å²) in [6, 6.07) is 13.1. The van der Waals surface area contributed by atoms with E-state index in [1.165, 1.54) is 16.1 Å². The lowest BCUT2D eigenvalue weighted by atomic mass is 10.1. The second kappa shape index (κ2) is 10.5. The SMILES string of the molecule is CC(=O)N1CCN(c2ccc(SC(CCc3ccncc3)Cn3ccnc3)cc2)CC1. The van der Waals surface area contributed by atoms with Gasteiger partial charge in [0.25, 0.3) is 0 Å². The molecule has 3 heterocycles. The van der Waals surface area contributed by atoms with Crippen LogP contribution in [-0.2, 0) is 17.8 Å². The van der Waals surface area contributed by atoms with E-state index in [9.17, 15) is 4.79 Å². The highest BCUT2D eigenvalue weighted by Gasteiger charge is 2.19. The van der Waals surface area contributed by atoms with Crippen LogP contribution in [0.2, 0.25) is 0 Å². The van der Waals surface area contributed by atoms with Crippen molar-refractivity contribution in [2.24, 2.45) is 0 Å². The molecule has 0 saturated carbocycles. The minimum absolute atomic E-state index is 0.169. The third-order valence-electron chi connectivity index (χ3n) is 5.71. The maximum Gasteiger partial charge on any atom is 0.219 e. The number of imidazole rings is 1. The highest BCUT2D eigenvalue weighted by atomic mass is 32.2. The van der Waals surface area contributed by atoms with Crippen LogP contribution in [0.4, 0.5) is 5.69 Å². The smallest absolute Gasteiger partial charge is 0.219 e. The highest BCUT2D eigenvalue weighted by molar-refractivity contribution is 8.00. The van der Waals surface area contributed by atoms with Crippen molar-refractivity contribution < 1.29 is 4.79 Å². The lowest BCUT2D eigenvalue weighted by Gasteiger charge is -2.35. The molecule has 162 valence electrons. The van der Waals surface area contributed by atoms with E-state index in [0.29, 0.717) is 5.25 Å². The van der Waals surface area contributed by atoms with Gasteiger partial charge in [-0.3, -0.25) is 9.78 Å². The maximum atomic E-state index is 11.5. The Labute approximate surface area is 188 Å². The van der Waals surface area contributed by atoms with Gasteiger partial charge in [-0.1, -0.05) is 0 Å². The van der Waals surface area contributed by atoms with Gasteiger partial charge < -0.3 is 14.4 Å². The summed E-state index contributed by atoms with van der Waals surface area (Å²) in [5.74, 6) is 0.169. The summed E-state index contributed by atoms with van der Waals surface area (Å²) in [5.41, 5.74) is 2.56. The van der Waals surface area contributed by atoms with E-state index in [-0.39, 0.29) is 5.91 Å². The van der Waals surface area contributed by atoms with Crippen molar-refractivity contribution >= 4 is 23.4 Å². The van der Waals surface area contributed by atoms with Crippen LogP contribution in [0, 0.1) is 0 Å². The number of piperazine rings is 1. The maximum absolute atomic E-state index is 11.5. The molecule has 1 saturated heterocycles. The number of benzene rings is 1. The van der Waals surface area contributed by atoms with Gasteiger partial charge in [-0.2, -0.15) is 0 Å². The first-order chi connectivity index (χ1) is 15.2. The van der Waals surface area contributed by atoms with Crippen LogP contribution in [0.3, 0.4) is 0 Å². The molecule has 3 aromatic rings. The molecule has 6 nitrogen and oxygen atoms in total. The van der Waals surface area contributed by atoms with Crippen molar-refractivity contribution in [2.75, 3.05) is 31.1 Å². The minimum Gasteiger partial charge on any atom is -0.368 e. The molecule has 1 unspecified atom stereocenters. The molecule has 1 aliphatic rings. The van der Waals surface area contributed by atoms with E-state index in [0.717, 1.165) is 45.6 Å². The number of pyridine rings is 1. The van der Waals surface area contributed by atoms with Crippen molar-refractivity contribution in [3.63, 3.8) is 0 Å². The van der Waals surface area contributed by atoms with Crippen molar-refractivity contribution in [3.8, 4) is 0 Å². The van der Waals surface area contributed by atoms with E-state index in [4.69, 9.17) is 0 Å². The minimum atomic E-state index is 0.169. The number of carbonyl (C=O) groups excluding carboxylic acids is 1. The summed E-state index contributed by atoms with van der Waals surface area (Å²) >= 11 is 1.93. The fraction of sp³-hybridized carbons (Fsp3) is 0.375. The van der Waals surface area contributed by atoms with Crippen molar-refractivity contribution in [1.82, 2.24) is 19.4 Å². The Morgan fingerprint density at radius 2 is 1.74 bits per heavy atom. The summed E-state index contributed by atoms with van der Waals surface area (Å²) in [5, 5.41) is 0.451. The van der Waals surface area contributed by atoms with Crippen LogP contribution in [0.15, 0.2) is 72.4 Å². The molecule has 1 aliphatic heterocycles. The van der Waals surface area contributed by atoms with E-state index in [2.05, 4.69) is 55.8 Å². The van der Waals surface area contributed by atoms with Crippen molar-refractivity contribution in [1.29, 1.82) is 0 Å². The molecule has 1 amide bonds. The van der Waals surface area contributed by atoms with Gasteiger partial charge in [0.05, 0.1) is 6.33 Å². The van der Waals surface area contributed by atoms with Crippen LogP contribution in [0.25, 0.3) is 0 Å². The average Bonchev–Trinajstić information content (AvgIpc) is 3.32. The third-order valence-corrected chi connectivity index (χ3v) is 6.97. The van der Waals surface area contributed by atoms with Crippen LogP contribution >= 0.6 is 11.8 Å². The van der Waals surface area contributed by atoms with Crippen LogP contribution < -0.4 is 4.90 Å². The highest BCUT2D eigenvalue weighted by Crippen LogP contribution is 2.30. The van der Waals surface area contributed by atoms with Gasteiger partial charge in [0, 0.05) is 80.3 Å². The van der Waals surface area contributed by atoms with Gasteiger partial charge in [-0.05, 0) is 54.8 Å². The average molecular weight is 436 g/mol. The van der Waals surface area contributed by atoms with Gasteiger partial charge in [-0.25, -0.2) is 4.98 Å². The lowest BCUT2D eigenvalue weighted by Crippen LogP contribution is -2.48. The molecule has 0 spiro atoms. The summed E-state index contributed by atoms with van der Waals surface area (Å²) in [7, 11) is 0. The Hall–Kier alpha value is -2.80. The molecular formula is C24H29N5OS. The van der Waals surface area contributed by atoms with E-state index in [1.807, 2.05) is 47.8 Å². The second-order valence-corrected chi connectivity index (χ2v) is 9.25. The fourth-order valence-electron chi connectivity index (χ4n) is 3.90. The quantitative estimate of drug-likeness (QED) is 0.505. The zero-order valence-corrected chi connectivity index (χ0v) is 18.7. The Kier molecular flexibility index (Phi) is 7.25. The predicted molar refractivity (Wildman–Crippen MR) is 125 cm³/mol. The first-order valence-corrected chi connectivity index (χ1v) is 11.7. The largest absolute Gasteiger partial charge is 0.368 e. The number of hydrogen-bond donors (Lipinski definition) is 0. The van der Waals surface area contributed by atoms with E-state index in [1.54, 1.807) is 6.92 Å². The summed E-state index contributed by atoms with van der Waals surface area (Å²) in [6.07, 6.45) is 11.6. The lowest BCUT2D eigenvalue weighted by molar-refractivity contribution is -0.129. The second-order valence-electron chi connectivity index (χ2n) is 7.88. The molecule has 2 aromatic heterocycles. The number of amides is 1. The molecule has 0 radical (unpaired) electrons. The number of nitrogens with zero attached hydrogens (tertiary/aromatic N) is 5. The van der Waals surface area contributed by atoms with Crippen molar-refractivity contribution in [3.05, 3.63) is 73.1 Å². The number of rotatable bonds is 8. The van der Waals surface area contributed by atoms with Crippen LogP contribution in [-0.4, -0.2) is 56.8 Å². The Morgan fingerprint density at radius 3 is 2.39 bits per heavy atom. The molecule has 4 rings (SSSR count). The molecule has 0 N–H and O–H groups in total. The number of carbonyl (C=O) groups is 1. The van der Waals surface area contributed by atoms with Gasteiger partial charge in [0.2, 0.25) is 5.91 Å². The molecule has 7 heteroatoms. The molecule has 31 heavy (non-hydrogen) atoms. The van der Waals surface area contributed by atoms with Gasteiger partial charge in [0.1, 0.15) is 0 Å². The van der Waals surface area contributed by atoms with Crippen LogP contribution in [0.5, 0.6) is 0 Å². The topological polar surface area (TPSA) is 54.3 Å². The first kappa shape index (κ1) is 21.4. The molecule has 0 bridgehead atoms. The number of anilines is 1. The number of hydrogen-bond acceptors (Lipinski definition) is 5. The fourth-order valence-corrected chi connectivity index (χ4v) is 5.06. The zero-order valence-electron chi connectivity index (χ0n) is 17.9. The summed E-state index contributed by atoms with van der Waals surface area (Å²) in [4.78, 5) is 25.4. The number of aryl methyl sites for hydroxylation is 1. The Bertz CT molecular complexity index is 938. The summed E-state index contributed by atoms with van der Waals surface area (Å²) in [6.45, 7) is 5.96.